The summed E-state index contributed by atoms with van der Waals surface area (Å²) in [5, 5.41) is 3.76. The molecule has 7 nitrogen and oxygen atoms in total. The largest absolute Gasteiger partial charge is 0.454 e. The average Bonchev–Trinajstić information content (AvgIpc) is 3.20. The van der Waals surface area contributed by atoms with Crippen LogP contribution >= 0.6 is 0 Å². The number of rotatable bonds is 6. The molecule has 2 aromatic carbocycles. The van der Waals surface area contributed by atoms with E-state index in [1.165, 1.54) is 6.92 Å². The third-order valence-corrected chi connectivity index (χ3v) is 4.56. The number of aromatic nitrogens is 1. The van der Waals surface area contributed by atoms with Crippen molar-refractivity contribution in [2.24, 2.45) is 0 Å². The van der Waals surface area contributed by atoms with Crippen molar-refractivity contribution in [3.63, 3.8) is 0 Å². The quantitative estimate of drug-likeness (QED) is 0.647. The highest BCUT2D eigenvalue weighted by molar-refractivity contribution is 5.95. The second-order valence-electron chi connectivity index (χ2n) is 6.68. The number of ether oxygens (including phenoxy) is 3. The normalized spacial score (nSPS) is 13.1. The maximum atomic E-state index is 12.3. The van der Waals surface area contributed by atoms with Crippen LogP contribution in [0.4, 0.5) is 5.69 Å². The van der Waals surface area contributed by atoms with Gasteiger partial charge in [0.15, 0.2) is 17.6 Å². The zero-order chi connectivity index (χ0) is 20.2. The fraction of sp³-hybridized carbons (Fsp3) is 0.227. The number of pyridine rings is 1. The van der Waals surface area contributed by atoms with E-state index in [4.69, 9.17) is 14.2 Å². The number of esters is 1. The molecule has 0 saturated heterocycles. The number of carbonyl (C=O) groups excluding carboxylic acids is 2. The lowest BCUT2D eigenvalue weighted by atomic mass is 10.1. The van der Waals surface area contributed by atoms with Crippen LogP contribution in [0.15, 0.2) is 54.6 Å². The highest BCUT2D eigenvalue weighted by Crippen LogP contribution is 2.34. The van der Waals surface area contributed by atoms with Crippen molar-refractivity contribution in [3.05, 3.63) is 60.3 Å². The van der Waals surface area contributed by atoms with Gasteiger partial charge in [0.25, 0.3) is 5.91 Å². The van der Waals surface area contributed by atoms with Gasteiger partial charge in [0.05, 0.1) is 11.9 Å². The summed E-state index contributed by atoms with van der Waals surface area (Å²) in [4.78, 5) is 29.0. The molecule has 0 spiro atoms. The van der Waals surface area contributed by atoms with Crippen LogP contribution in [0.5, 0.6) is 11.5 Å². The van der Waals surface area contributed by atoms with Crippen LogP contribution < -0.4 is 14.8 Å². The van der Waals surface area contributed by atoms with Crippen LogP contribution in [0.1, 0.15) is 19.0 Å². The molecule has 1 aliphatic rings. The lowest BCUT2D eigenvalue weighted by molar-refractivity contribution is -0.153. The van der Waals surface area contributed by atoms with E-state index in [2.05, 4.69) is 10.3 Å². The number of fused-ring (bicyclic) bond motifs is 2. The van der Waals surface area contributed by atoms with Crippen molar-refractivity contribution in [3.8, 4) is 11.5 Å². The second kappa shape index (κ2) is 8.18. The number of hydrogen-bond donors (Lipinski definition) is 1. The summed E-state index contributed by atoms with van der Waals surface area (Å²) in [5.41, 5.74) is 2.23. The second-order valence-corrected chi connectivity index (χ2v) is 6.68. The van der Waals surface area contributed by atoms with Crippen molar-refractivity contribution in [2.75, 3.05) is 12.1 Å². The molecule has 148 valence electrons. The van der Waals surface area contributed by atoms with Crippen LogP contribution in [0.25, 0.3) is 10.9 Å². The summed E-state index contributed by atoms with van der Waals surface area (Å²) < 4.78 is 15.8. The van der Waals surface area contributed by atoms with Gasteiger partial charge in [-0.3, -0.25) is 14.6 Å². The number of hydrogen-bond acceptors (Lipinski definition) is 6. The minimum atomic E-state index is -0.919. The molecule has 1 amide bonds. The summed E-state index contributed by atoms with van der Waals surface area (Å²) in [6, 6.07) is 16.7. The van der Waals surface area contributed by atoms with E-state index in [0.717, 1.165) is 16.6 Å². The highest BCUT2D eigenvalue weighted by Gasteiger charge is 2.20. The van der Waals surface area contributed by atoms with E-state index in [9.17, 15) is 9.59 Å². The Balaban J connectivity index is 1.28. The van der Waals surface area contributed by atoms with Gasteiger partial charge in [-0.25, -0.2) is 0 Å². The molecule has 2 heterocycles. The standard InChI is InChI=1S/C22H20N2O5/c1-14(22(26)24-17-8-10-19-20(12-17)28-13-27-19)29-21(25)11-9-16-7-6-15-4-2-3-5-18(15)23-16/h2-8,10,12,14H,9,11,13H2,1H3,(H,24,26). The molecule has 0 aliphatic carbocycles. The Kier molecular flexibility index (Phi) is 5.29. The number of benzene rings is 2. The van der Waals surface area contributed by atoms with Gasteiger partial charge >= 0.3 is 5.97 Å². The zero-order valence-electron chi connectivity index (χ0n) is 15.9. The summed E-state index contributed by atoms with van der Waals surface area (Å²) in [7, 11) is 0. The van der Waals surface area contributed by atoms with Crippen molar-refractivity contribution >= 4 is 28.5 Å². The molecule has 7 heteroatoms. The Bertz CT molecular complexity index is 1070. The predicted octanol–water partition coefficient (Wildman–Crippen LogP) is 3.47. The van der Waals surface area contributed by atoms with Gasteiger partial charge in [0, 0.05) is 29.3 Å². The summed E-state index contributed by atoms with van der Waals surface area (Å²) >= 11 is 0. The number of anilines is 1. The third-order valence-electron chi connectivity index (χ3n) is 4.56. The molecule has 1 unspecified atom stereocenters. The van der Waals surface area contributed by atoms with E-state index in [1.54, 1.807) is 18.2 Å². The number of nitrogens with zero attached hydrogens (tertiary/aromatic N) is 1. The molecular formula is C22H20N2O5. The molecule has 1 atom stereocenters. The van der Waals surface area contributed by atoms with E-state index in [0.29, 0.717) is 23.6 Å². The molecule has 0 radical (unpaired) electrons. The molecule has 0 bridgehead atoms. The summed E-state index contributed by atoms with van der Waals surface area (Å²) in [5.74, 6) is 0.328. The molecule has 3 aromatic rings. The van der Waals surface area contributed by atoms with Crippen molar-refractivity contribution in [1.82, 2.24) is 4.98 Å². The lowest BCUT2D eigenvalue weighted by Gasteiger charge is -2.14. The Morgan fingerprint density at radius 3 is 2.83 bits per heavy atom. The fourth-order valence-electron chi connectivity index (χ4n) is 3.01. The Morgan fingerprint density at radius 2 is 1.93 bits per heavy atom. The first-order valence-electron chi connectivity index (χ1n) is 9.33. The zero-order valence-corrected chi connectivity index (χ0v) is 15.9. The first-order valence-corrected chi connectivity index (χ1v) is 9.33. The maximum absolute atomic E-state index is 12.3. The van der Waals surface area contributed by atoms with Gasteiger partial charge in [0.2, 0.25) is 6.79 Å². The Morgan fingerprint density at radius 1 is 1.10 bits per heavy atom. The van der Waals surface area contributed by atoms with Crippen molar-refractivity contribution < 1.29 is 23.8 Å². The molecular weight excluding hydrogens is 372 g/mol. The van der Waals surface area contributed by atoms with Crippen LogP contribution in [0.3, 0.4) is 0 Å². The maximum Gasteiger partial charge on any atom is 0.306 e. The minimum Gasteiger partial charge on any atom is -0.454 e. The molecule has 4 rings (SSSR count). The van der Waals surface area contributed by atoms with Gasteiger partial charge in [-0.15, -0.1) is 0 Å². The van der Waals surface area contributed by atoms with Gasteiger partial charge in [0.1, 0.15) is 0 Å². The number of nitrogens with one attached hydrogen (secondary N) is 1. The average molecular weight is 392 g/mol. The van der Waals surface area contributed by atoms with Gasteiger partial charge in [-0.05, 0) is 31.2 Å². The lowest BCUT2D eigenvalue weighted by Crippen LogP contribution is -2.30. The van der Waals surface area contributed by atoms with E-state index in [-0.39, 0.29) is 13.2 Å². The minimum absolute atomic E-state index is 0.146. The molecule has 1 N–H and O–H groups in total. The SMILES string of the molecule is CC(OC(=O)CCc1ccc2ccccc2n1)C(=O)Nc1ccc2c(c1)OCO2. The monoisotopic (exact) mass is 392 g/mol. The van der Waals surface area contributed by atoms with Crippen molar-refractivity contribution in [1.29, 1.82) is 0 Å². The Hall–Kier alpha value is -3.61. The van der Waals surface area contributed by atoms with Crippen molar-refractivity contribution in [2.45, 2.75) is 25.9 Å². The number of amides is 1. The van der Waals surface area contributed by atoms with Crippen LogP contribution in [-0.4, -0.2) is 29.8 Å². The van der Waals surface area contributed by atoms with E-state index in [1.807, 2.05) is 36.4 Å². The van der Waals surface area contributed by atoms with Crippen LogP contribution in [0.2, 0.25) is 0 Å². The molecule has 0 fully saturated rings. The van der Waals surface area contributed by atoms with Gasteiger partial charge < -0.3 is 19.5 Å². The van der Waals surface area contributed by atoms with Crippen LogP contribution in [-0.2, 0) is 20.7 Å². The highest BCUT2D eigenvalue weighted by atomic mass is 16.7. The summed E-state index contributed by atoms with van der Waals surface area (Å²) in [6.07, 6.45) is -0.329. The number of para-hydroxylation sites is 1. The topological polar surface area (TPSA) is 86.8 Å². The fourth-order valence-corrected chi connectivity index (χ4v) is 3.01. The van der Waals surface area contributed by atoms with E-state index >= 15 is 0 Å². The molecule has 1 aliphatic heterocycles. The predicted molar refractivity (Wildman–Crippen MR) is 107 cm³/mol. The van der Waals surface area contributed by atoms with E-state index < -0.39 is 18.0 Å². The smallest absolute Gasteiger partial charge is 0.306 e. The number of aryl methyl sites for hydroxylation is 1. The van der Waals surface area contributed by atoms with Gasteiger partial charge in [-0.1, -0.05) is 24.3 Å². The van der Waals surface area contributed by atoms with Crippen LogP contribution in [0, 0.1) is 0 Å². The first-order chi connectivity index (χ1) is 14.1. The Labute approximate surface area is 167 Å². The molecule has 0 saturated carbocycles. The summed E-state index contributed by atoms with van der Waals surface area (Å²) in [6.45, 7) is 1.70. The molecule has 1 aromatic heterocycles. The number of carbonyl (C=O) groups is 2. The van der Waals surface area contributed by atoms with Gasteiger partial charge in [-0.2, -0.15) is 0 Å². The third kappa shape index (κ3) is 4.45. The molecule has 29 heavy (non-hydrogen) atoms. The first kappa shape index (κ1) is 18.7.